The minimum atomic E-state index is -0.840. The van der Waals surface area contributed by atoms with Crippen LogP contribution in [0.15, 0.2) is 36.5 Å². The van der Waals surface area contributed by atoms with Crippen LogP contribution in [0.4, 0.5) is 0 Å². The second-order valence-corrected chi connectivity index (χ2v) is 24.6. The quantitative estimate of drug-likeness (QED) is 0.0320. The van der Waals surface area contributed by atoms with Crippen molar-refractivity contribution in [3.05, 3.63) is 36.5 Å². The van der Waals surface area contributed by atoms with Gasteiger partial charge in [-0.3, -0.25) is 9.59 Å². The van der Waals surface area contributed by atoms with E-state index in [1.807, 2.05) is 6.08 Å². The third kappa shape index (κ3) is 65.1. The average molecular weight is 1110 g/mol. The lowest BCUT2D eigenvalue weighted by Crippen LogP contribution is -2.45. The van der Waals surface area contributed by atoms with Gasteiger partial charge in [0.05, 0.1) is 25.4 Å². The number of carbonyl (C=O) groups excluding carboxylic acids is 2. The Bertz CT molecular complexity index is 1280. The molecule has 79 heavy (non-hydrogen) atoms. The van der Waals surface area contributed by atoms with E-state index >= 15 is 0 Å². The van der Waals surface area contributed by atoms with Gasteiger partial charge in [-0.05, 0) is 64.2 Å². The Balaban J connectivity index is 3.31. The van der Waals surface area contributed by atoms with Gasteiger partial charge in [-0.15, -0.1) is 0 Å². The molecule has 0 aromatic carbocycles. The van der Waals surface area contributed by atoms with E-state index < -0.39 is 12.1 Å². The van der Waals surface area contributed by atoms with Crippen molar-refractivity contribution in [1.29, 1.82) is 0 Å². The van der Waals surface area contributed by atoms with Crippen molar-refractivity contribution in [3.63, 3.8) is 0 Å². The fourth-order valence-corrected chi connectivity index (χ4v) is 11.2. The maximum Gasteiger partial charge on any atom is 0.305 e. The molecule has 6 heteroatoms. The number of hydrogen-bond acceptors (Lipinski definition) is 5. The van der Waals surface area contributed by atoms with Crippen LogP contribution in [0.5, 0.6) is 0 Å². The average Bonchev–Trinajstić information content (AvgIpc) is 3.45. The van der Waals surface area contributed by atoms with Gasteiger partial charge in [0.25, 0.3) is 0 Å². The van der Waals surface area contributed by atoms with E-state index in [2.05, 4.69) is 43.5 Å². The van der Waals surface area contributed by atoms with Crippen LogP contribution >= 0.6 is 0 Å². The molecule has 0 rings (SSSR count). The molecule has 0 saturated carbocycles. The molecule has 466 valence electrons. The van der Waals surface area contributed by atoms with Crippen molar-refractivity contribution >= 4 is 11.9 Å². The summed E-state index contributed by atoms with van der Waals surface area (Å²) in [6, 6.07) is -0.623. The monoisotopic (exact) mass is 1110 g/mol. The van der Waals surface area contributed by atoms with E-state index in [4.69, 9.17) is 4.74 Å². The van der Waals surface area contributed by atoms with Gasteiger partial charge in [-0.1, -0.05) is 352 Å². The van der Waals surface area contributed by atoms with E-state index in [9.17, 15) is 19.8 Å². The number of nitrogens with one attached hydrogen (secondary N) is 1. The highest BCUT2D eigenvalue weighted by atomic mass is 16.5. The smallest absolute Gasteiger partial charge is 0.305 e. The van der Waals surface area contributed by atoms with Crippen molar-refractivity contribution < 1.29 is 24.5 Å². The van der Waals surface area contributed by atoms with Crippen LogP contribution in [0, 0.1) is 0 Å². The van der Waals surface area contributed by atoms with Gasteiger partial charge in [0.1, 0.15) is 0 Å². The Morgan fingerprint density at radius 3 is 0.975 bits per heavy atom. The Morgan fingerprint density at radius 2 is 0.633 bits per heavy atom. The zero-order valence-corrected chi connectivity index (χ0v) is 53.4. The minimum Gasteiger partial charge on any atom is -0.466 e. The highest BCUT2D eigenvalue weighted by Crippen LogP contribution is 2.19. The van der Waals surface area contributed by atoms with Crippen molar-refractivity contribution in [2.24, 2.45) is 0 Å². The standard InChI is InChI=1S/C73H139NO5/c1-3-5-7-9-11-13-15-17-18-19-37-40-43-47-51-55-59-63-67-73(78)79-68-64-60-56-52-48-44-41-38-35-33-31-29-27-25-23-21-20-22-24-26-28-30-32-34-36-39-42-46-50-54-58-62-66-72(77)74-70(69-75)71(76)65-61-57-53-49-45-16-14-12-10-8-6-4-2/h13,15,18-19,61,65,70-71,75-76H,3-12,14,16-17,20-60,62-64,66-69H2,1-2H3,(H,74,77)/b15-13-,19-18-,65-61+. The molecule has 3 N–H and O–H groups in total. The summed E-state index contributed by atoms with van der Waals surface area (Å²) in [5, 5.41) is 23.1. The van der Waals surface area contributed by atoms with Crippen molar-refractivity contribution in [2.45, 2.75) is 405 Å². The van der Waals surface area contributed by atoms with Crippen LogP contribution in [0.25, 0.3) is 0 Å². The molecule has 0 fully saturated rings. The maximum atomic E-state index is 12.5. The normalized spacial score (nSPS) is 12.7. The fraction of sp³-hybridized carbons (Fsp3) is 0.890. The highest BCUT2D eigenvalue weighted by molar-refractivity contribution is 5.76. The third-order valence-electron chi connectivity index (χ3n) is 16.7. The molecule has 0 aliphatic heterocycles. The van der Waals surface area contributed by atoms with E-state index in [-0.39, 0.29) is 18.5 Å². The summed E-state index contributed by atoms with van der Waals surface area (Å²) >= 11 is 0. The lowest BCUT2D eigenvalue weighted by atomic mass is 10.0. The lowest BCUT2D eigenvalue weighted by molar-refractivity contribution is -0.143. The van der Waals surface area contributed by atoms with Crippen molar-refractivity contribution in [3.8, 4) is 0 Å². The molecule has 0 heterocycles. The Labute approximate surface area is 494 Å². The number of ether oxygens (including phenoxy) is 1. The van der Waals surface area contributed by atoms with Gasteiger partial charge >= 0.3 is 5.97 Å². The van der Waals surface area contributed by atoms with Crippen LogP contribution in [0.1, 0.15) is 393 Å². The summed E-state index contributed by atoms with van der Waals surface area (Å²) in [5.41, 5.74) is 0. The molecular weight excluding hydrogens is 971 g/mol. The molecule has 0 aliphatic carbocycles. The zero-order chi connectivity index (χ0) is 57.1. The van der Waals surface area contributed by atoms with Gasteiger partial charge in [0.15, 0.2) is 0 Å². The summed E-state index contributed by atoms with van der Waals surface area (Å²) in [4.78, 5) is 24.6. The molecule has 0 aromatic rings. The number of allylic oxidation sites excluding steroid dienone is 5. The predicted molar refractivity (Wildman–Crippen MR) is 347 cm³/mol. The van der Waals surface area contributed by atoms with Crippen molar-refractivity contribution in [1.82, 2.24) is 5.32 Å². The minimum absolute atomic E-state index is 0.0139. The van der Waals surface area contributed by atoms with Crippen LogP contribution in [0.2, 0.25) is 0 Å². The first-order chi connectivity index (χ1) is 39.0. The summed E-state index contributed by atoms with van der Waals surface area (Å²) < 4.78 is 5.51. The molecule has 6 nitrogen and oxygen atoms in total. The molecule has 2 atom stereocenters. The predicted octanol–water partition coefficient (Wildman–Crippen LogP) is 23.1. The van der Waals surface area contributed by atoms with Gasteiger partial charge in [0.2, 0.25) is 5.91 Å². The fourth-order valence-electron chi connectivity index (χ4n) is 11.2. The van der Waals surface area contributed by atoms with E-state index in [0.29, 0.717) is 19.4 Å². The second-order valence-electron chi connectivity index (χ2n) is 24.6. The topological polar surface area (TPSA) is 95.9 Å². The van der Waals surface area contributed by atoms with E-state index in [1.54, 1.807) is 6.08 Å². The molecule has 0 radical (unpaired) electrons. The summed E-state index contributed by atoms with van der Waals surface area (Å²) in [5.74, 6) is -0.0488. The molecule has 0 saturated heterocycles. The van der Waals surface area contributed by atoms with Crippen LogP contribution in [0.3, 0.4) is 0 Å². The second kappa shape index (κ2) is 68.6. The van der Waals surface area contributed by atoms with Gasteiger partial charge in [-0.2, -0.15) is 0 Å². The van der Waals surface area contributed by atoms with Crippen LogP contribution < -0.4 is 5.32 Å². The lowest BCUT2D eigenvalue weighted by Gasteiger charge is -2.20. The number of unbranched alkanes of at least 4 members (excludes halogenated alkanes) is 52. The summed E-state index contributed by atoms with van der Waals surface area (Å²) in [6.45, 7) is 4.90. The van der Waals surface area contributed by atoms with Gasteiger partial charge in [0, 0.05) is 12.8 Å². The van der Waals surface area contributed by atoms with Gasteiger partial charge in [-0.25, -0.2) is 0 Å². The molecule has 0 aromatic heterocycles. The van der Waals surface area contributed by atoms with Crippen molar-refractivity contribution in [2.75, 3.05) is 13.2 Å². The Kier molecular flexibility index (Phi) is 66.9. The zero-order valence-electron chi connectivity index (χ0n) is 53.4. The first-order valence-electron chi connectivity index (χ1n) is 35.8. The highest BCUT2D eigenvalue weighted by Gasteiger charge is 2.18. The molecule has 0 aliphatic rings. The first kappa shape index (κ1) is 77.1. The summed E-state index contributed by atoms with van der Waals surface area (Å²) in [7, 11) is 0. The molecule has 0 spiro atoms. The largest absolute Gasteiger partial charge is 0.466 e. The number of aliphatic hydroxyl groups is 2. The number of hydrogen-bond donors (Lipinski definition) is 3. The number of amides is 1. The van der Waals surface area contributed by atoms with Gasteiger partial charge < -0.3 is 20.3 Å². The van der Waals surface area contributed by atoms with Crippen LogP contribution in [-0.4, -0.2) is 47.4 Å². The number of rotatable bonds is 67. The van der Waals surface area contributed by atoms with Crippen LogP contribution in [-0.2, 0) is 14.3 Å². The number of carbonyl (C=O) groups is 2. The molecule has 2 unspecified atom stereocenters. The molecular formula is C73H139NO5. The number of aliphatic hydroxyl groups excluding tert-OH is 2. The maximum absolute atomic E-state index is 12.5. The molecule has 1 amide bonds. The first-order valence-corrected chi connectivity index (χ1v) is 35.8. The van der Waals surface area contributed by atoms with E-state index in [1.165, 1.54) is 315 Å². The Hall–Kier alpha value is -1.92. The van der Waals surface area contributed by atoms with E-state index in [0.717, 1.165) is 51.4 Å². The summed E-state index contributed by atoms with van der Waals surface area (Å²) in [6.07, 6.45) is 88.1. The SMILES string of the molecule is CCCCCC/C=C\C/C=C\CCCCCCCCCC(=O)OCCCCCCCCCCCCCCCCCCCCCCCCCCCCCCCCCCC(=O)NC(CO)C(O)/C=C/CCCCCCCCCCCC. The molecule has 0 bridgehead atoms. The number of esters is 1. The Morgan fingerprint density at radius 1 is 0.354 bits per heavy atom. The third-order valence-corrected chi connectivity index (χ3v) is 16.7.